The first-order valence-corrected chi connectivity index (χ1v) is 8.52. The molecule has 0 saturated carbocycles. The molecule has 112 valence electrons. The highest BCUT2D eigenvalue weighted by atomic mass is 32.2. The Hall–Kier alpha value is -1.37. The van der Waals surface area contributed by atoms with Crippen LogP contribution in [0.2, 0.25) is 0 Å². The van der Waals surface area contributed by atoms with E-state index < -0.39 is 9.84 Å². The quantitative estimate of drug-likeness (QED) is 0.907. The van der Waals surface area contributed by atoms with Crippen molar-refractivity contribution in [3.63, 3.8) is 0 Å². The maximum absolute atomic E-state index is 11.6. The minimum atomic E-state index is -2.89. The van der Waals surface area contributed by atoms with Gasteiger partial charge in [-0.3, -0.25) is 0 Å². The van der Waals surface area contributed by atoms with Gasteiger partial charge in [-0.25, -0.2) is 18.4 Å². The largest absolute Gasteiger partial charge is 0.365 e. The Morgan fingerprint density at radius 2 is 2.05 bits per heavy atom. The molecule has 1 aromatic heterocycles. The van der Waals surface area contributed by atoms with Crippen LogP contribution >= 0.6 is 0 Å². The maximum Gasteiger partial charge on any atom is 0.152 e. The number of aromatic nitrogens is 2. The Kier molecular flexibility index (Phi) is 3.90. The van der Waals surface area contributed by atoms with Crippen molar-refractivity contribution in [3.05, 3.63) is 12.4 Å². The Balaban J connectivity index is 2.15. The summed E-state index contributed by atoms with van der Waals surface area (Å²) in [4.78, 5) is 10.4. The van der Waals surface area contributed by atoms with Crippen molar-refractivity contribution in [1.82, 2.24) is 9.97 Å². The average Bonchev–Trinajstić information content (AvgIpc) is 2.67. The number of rotatable bonds is 3. The average molecular weight is 298 g/mol. The highest BCUT2D eigenvalue weighted by Crippen LogP contribution is 2.23. The fourth-order valence-electron chi connectivity index (χ4n) is 2.26. The predicted molar refractivity (Wildman–Crippen MR) is 80.9 cm³/mol. The topological polar surface area (TPSA) is 75.2 Å². The molecule has 6 nitrogen and oxygen atoms in total. The molecule has 20 heavy (non-hydrogen) atoms. The van der Waals surface area contributed by atoms with E-state index in [9.17, 15) is 8.42 Å². The first-order valence-electron chi connectivity index (χ1n) is 6.70. The van der Waals surface area contributed by atoms with E-state index in [0.717, 1.165) is 11.6 Å². The van der Waals surface area contributed by atoms with Gasteiger partial charge in [-0.05, 0) is 27.2 Å². The van der Waals surface area contributed by atoms with Gasteiger partial charge in [0, 0.05) is 24.7 Å². The number of anilines is 2. The SMILES string of the molecule is CN(c1cc(NC(C)(C)C)ncn1)C1CCS(=O)(=O)C1. The molecular formula is C13H22N4O2S. The van der Waals surface area contributed by atoms with Crippen LogP contribution < -0.4 is 10.2 Å². The van der Waals surface area contributed by atoms with Crippen LogP contribution in [0, 0.1) is 0 Å². The molecule has 1 aromatic rings. The normalized spacial score (nSPS) is 21.7. The Labute approximate surface area is 120 Å². The number of nitrogens with one attached hydrogen (secondary N) is 1. The van der Waals surface area contributed by atoms with Gasteiger partial charge < -0.3 is 10.2 Å². The first-order chi connectivity index (χ1) is 9.16. The van der Waals surface area contributed by atoms with Gasteiger partial charge in [-0.15, -0.1) is 0 Å². The molecule has 1 aliphatic rings. The molecule has 0 amide bonds. The molecule has 1 atom stereocenters. The minimum absolute atomic E-state index is 0.00242. The lowest BCUT2D eigenvalue weighted by atomic mass is 10.1. The van der Waals surface area contributed by atoms with Crippen LogP contribution in [0.25, 0.3) is 0 Å². The molecule has 0 spiro atoms. The van der Waals surface area contributed by atoms with E-state index in [4.69, 9.17) is 0 Å². The van der Waals surface area contributed by atoms with Gasteiger partial charge in [0.1, 0.15) is 18.0 Å². The molecule has 0 aromatic carbocycles. The third kappa shape index (κ3) is 3.82. The van der Waals surface area contributed by atoms with Crippen LogP contribution in [0.3, 0.4) is 0 Å². The lowest BCUT2D eigenvalue weighted by molar-refractivity contribution is 0.600. The van der Waals surface area contributed by atoms with Gasteiger partial charge in [0.25, 0.3) is 0 Å². The summed E-state index contributed by atoms with van der Waals surface area (Å²) in [7, 11) is -1.00. The molecule has 1 aliphatic heterocycles. The molecule has 1 fully saturated rings. The molecule has 0 radical (unpaired) electrons. The number of hydrogen-bond donors (Lipinski definition) is 1. The van der Waals surface area contributed by atoms with Crippen molar-refractivity contribution in [1.29, 1.82) is 0 Å². The first kappa shape index (κ1) is 15.0. The number of nitrogens with zero attached hydrogens (tertiary/aromatic N) is 3. The zero-order valence-electron chi connectivity index (χ0n) is 12.4. The second-order valence-corrected chi connectivity index (χ2v) is 8.53. The van der Waals surface area contributed by atoms with Crippen LogP contribution in [-0.4, -0.2) is 48.5 Å². The number of sulfone groups is 1. The van der Waals surface area contributed by atoms with Gasteiger partial charge in [0.2, 0.25) is 0 Å². The van der Waals surface area contributed by atoms with E-state index in [1.54, 1.807) is 0 Å². The summed E-state index contributed by atoms with van der Waals surface area (Å²) in [5, 5.41) is 3.29. The fraction of sp³-hybridized carbons (Fsp3) is 0.692. The smallest absolute Gasteiger partial charge is 0.152 e. The summed E-state index contributed by atoms with van der Waals surface area (Å²) in [6.07, 6.45) is 2.16. The van der Waals surface area contributed by atoms with Gasteiger partial charge in [0.05, 0.1) is 11.5 Å². The molecule has 1 unspecified atom stereocenters. The van der Waals surface area contributed by atoms with E-state index in [0.29, 0.717) is 6.42 Å². The van der Waals surface area contributed by atoms with Crippen molar-refractivity contribution < 1.29 is 8.42 Å². The molecule has 0 bridgehead atoms. The summed E-state index contributed by atoms with van der Waals surface area (Å²) < 4.78 is 23.1. The fourth-order valence-corrected chi connectivity index (χ4v) is 4.03. The third-order valence-electron chi connectivity index (χ3n) is 3.27. The molecule has 1 saturated heterocycles. The summed E-state index contributed by atoms with van der Waals surface area (Å²) in [5.41, 5.74) is -0.0824. The Bertz CT molecular complexity index is 580. The van der Waals surface area contributed by atoms with E-state index in [1.807, 2.05) is 18.0 Å². The van der Waals surface area contributed by atoms with E-state index in [1.165, 1.54) is 6.33 Å². The van der Waals surface area contributed by atoms with Crippen molar-refractivity contribution in [3.8, 4) is 0 Å². The lowest BCUT2D eigenvalue weighted by Gasteiger charge is -2.26. The molecule has 7 heteroatoms. The van der Waals surface area contributed by atoms with Gasteiger partial charge in [-0.2, -0.15) is 0 Å². The van der Waals surface area contributed by atoms with E-state index in [2.05, 4.69) is 36.1 Å². The highest BCUT2D eigenvalue weighted by molar-refractivity contribution is 7.91. The Morgan fingerprint density at radius 3 is 2.60 bits per heavy atom. The second-order valence-electron chi connectivity index (χ2n) is 6.30. The lowest BCUT2D eigenvalue weighted by Crippen LogP contribution is -2.33. The van der Waals surface area contributed by atoms with Gasteiger partial charge >= 0.3 is 0 Å². The molecule has 1 N–H and O–H groups in total. The summed E-state index contributed by atoms with van der Waals surface area (Å²) in [6, 6.07) is 1.85. The Morgan fingerprint density at radius 1 is 1.35 bits per heavy atom. The van der Waals surface area contributed by atoms with Gasteiger partial charge in [0.15, 0.2) is 9.84 Å². The molecule has 0 aliphatic carbocycles. The van der Waals surface area contributed by atoms with E-state index in [-0.39, 0.29) is 23.1 Å². The minimum Gasteiger partial charge on any atom is -0.365 e. The van der Waals surface area contributed by atoms with Crippen molar-refractivity contribution in [2.75, 3.05) is 28.8 Å². The standard InChI is InChI=1S/C13H22N4O2S/c1-13(2,3)16-11-7-12(15-9-14-11)17(4)10-5-6-20(18,19)8-10/h7,9-10H,5-6,8H2,1-4H3,(H,14,15,16). The summed E-state index contributed by atoms with van der Waals surface area (Å²) in [5.74, 6) is 1.96. The summed E-state index contributed by atoms with van der Waals surface area (Å²) >= 11 is 0. The molecule has 2 heterocycles. The van der Waals surface area contributed by atoms with Crippen molar-refractivity contribution in [2.24, 2.45) is 0 Å². The highest BCUT2D eigenvalue weighted by Gasteiger charge is 2.31. The predicted octanol–water partition coefficient (Wildman–Crippen LogP) is 1.31. The molecular weight excluding hydrogens is 276 g/mol. The van der Waals surface area contributed by atoms with Crippen LogP contribution in [0.4, 0.5) is 11.6 Å². The van der Waals surface area contributed by atoms with Crippen LogP contribution in [0.15, 0.2) is 12.4 Å². The third-order valence-corrected chi connectivity index (χ3v) is 5.02. The number of hydrogen-bond acceptors (Lipinski definition) is 6. The zero-order valence-corrected chi connectivity index (χ0v) is 13.2. The molecule has 2 rings (SSSR count). The van der Waals surface area contributed by atoms with Crippen LogP contribution in [0.5, 0.6) is 0 Å². The van der Waals surface area contributed by atoms with Crippen LogP contribution in [-0.2, 0) is 9.84 Å². The summed E-state index contributed by atoms with van der Waals surface area (Å²) in [6.45, 7) is 6.17. The van der Waals surface area contributed by atoms with Gasteiger partial charge in [-0.1, -0.05) is 0 Å². The maximum atomic E-state index is 11.6. The van der Waals surface area contributed by atoms with Crippen LogP contribution in [0.1, 0.15) is 27.2 Å². The monoisotopic (exact) mass is 298 g/mol. The zero-order chi connectivity index (χ0) is 15.0. The second kappa shape index (κ2) is 5.20. The van der Waals surface area contributed by atoms with Crippen molar-refractivity contribution >= 4 is 21.5 Å². The van der Waals surface area contributed by atoms with Crippen molar-refractivity contribution in [2.45, 2.75) is 38.8 Å². The van der Waals surface area contributed by atoms with E-state index >= 15 is 0 Å².